The van der Waals surface area contributed by atoms with Gasteiger partial charge < -0.3 is 10.1 Å². The van der Waals surface area contributed by atoms with E-state index < -0.39 is 0 Å². The Balaban J connectivity index is 1.71. The number of methoxy groups -OCH3 is 1. The van der Waals surface area contributed by atoms with E-state index in [2.05, 4.69) is 15.4 Å². The van der Waals surface area contributed by atoms with E-state index in [1.807, 2.05) is 45.0 Å². The van der Waals surface area contributed by atoms with Gasteiger partial charge in [-0.25, -0.2) is 14.1 Å². The summed E-state index contributed by atoms with van der Waals surface area (Å²) in [5.74, 6) is 0.229. The number of benzene rings is 2. The van der Waals surface area contributed by atoms with Gasteiger partial charge in [-0.15, -0.1) is 0 Å². The van der Waals surface area contributed by atoms with Gasteiger partial charge in [0.1, 0.15) is 11.6 Å². The molecule has 0 saturated carbocycles. The average molecular weight is 418 g/mol. The van der Waals surface area contributed by atoms with Crippen LogP contribution in [-0.4, -0.2) is 27.8 Å². The number of carbonyl (C=O) groups is 1. The van der Waals surface area contributed by atoms with Crippen LogP contribution in [0.4, 0.5) is 4.39 Å². The third-order valence-corrected chi connectivity index (χ3v) is 5.22. The van der Waals surface area contributed by atoms with Crippen molar-refractivity contribution in [2.24, 2.45) is 0 Å². The predicted octanol–water partition coefficient (Wildman–Crippen LogP) is 4.68. The maximum Gasteiger partial charge on any atom is 0.252 e. The SMILES string of the molecule is COc1ccc([C@@H](C)NC(=O)c2cc(C)nc3c2c(C)nn3-c2ccc(F)cc2)cc1. The molecule has 1 N–H and O–H groups in total. The lowest BCUT2D eigenvalue weighted by molar-refractivity contribution is 0.0941. The molecule has 0 aliphatic carbocycles. The van der Waals surface area contributed by atoms with Gasteiger partial charge in [0.05, 0.1) is 35.5 Å². The average Bonchev–Trinajstić information content (AvgIpc) is 3.09. The molecule has 2 heterocycles. The van der Waals surface area contributed by atoms with E-state index >= 15 is 0 Å². The molecule has 0 saturated heterocycles. The number of hydrogen-bond donors (Lipinski definition) is 1. The van der Waals surface area contributed by atoms with Gasteiger partial charge >= 0.3 is 0 Å². The van der Waals surface area contributed by atoms with E-state index in [-0.39, 0.29) is 17.8 Å². The maximum absolute atomic E-state index is 13.4. The van der Waals surface area contributed by atoms with E-state index in [4.69, 9.17) is 4.74 Å². The van der Waals surface area contributed by atoms with Crippen LogP contribution in [-0.2, 0) is 0 Å². The van der Waals surface area contributed by atoms with Crippen LogP contribution in [0.1, 0.15) is 40.3 Å². The highest BCUT2D eigenvalue weighted by atomic mass is 19.1. The van der Waals surface area contributed by atoms with Gasteiger partial charge in [-0.05, 0) is 68.8 Å². The van der Waals surface area contributed by atoms with E-state index in [0.29, 0.717) is 33.7 Å². The van der Waals surface area contributed by atoms with Crippen LogP contribution in [0, 0.1) is 19.7 Å². The third-order valence-electron chi connectivity index (χ3n) is 5.22. The molecule has 6 nitrogen and oxygen atoms in total. The Hall–Kier alpha value is -3.74. The molecule has 0 bridgehead atoms. The van der Waals surface area contributed by atoms with Crippen LogP contribution in [0.25, 0.3) is 16.7 Å². The fourth-order valence-electron chi connectivity index (χ4n) is 3.61. The first kappa shape index (κ1) is 20.5. The first-order valence-electron chi connectivity index (χ1n) is 9.95. The molecule has 158 valence electrons. The number of pyridine rings is 1. The summed E-state index contributed by atoms with van der Waals surface area (Å²) in [6.45, 7) is 5.60. The molecular weight excluding hydrogens is 395 g/mol. The number of aryl methyl sites for hydroxylation is 2. The maximum atomic E-state index is 13.4. The quantitative estimate of drug-likeness (QED) is 0.511. The van der Waals surface area contributed by atoms with Gasteiger partial charge in [0.2, 0.25) is 0 Å². The number of amides is 1. The molecule has 7 heteroatoms. The van der Waals surface area contributed by atoms with Crippen molar-refractivity contribution in [1.82, 2.24) is 20.1 Å². The predicted molar refractivity (Wildman–Crippen MR) is 117 cm³/mol. The monoisotopic (exact) mass is 418 g/mol. The molecule has 0 aliphatic rings. The Morgan fingerprint density at radius 1 is 1.10 bits per heavy atom. The molecular formula is C24H23FN4O2. The summed E-state index contributed by atoms with van der Waals surface area (Å²) >= 11 is 0. The zero-order valence-corrected chi connectivity index (χ0v) is 17.8. The zero-order chi connectivity index (χ0) is 22.1. The normalized spacial score (nSPS) is 12.0. The molecule has 4 aromatic rings. The smallest absolute Gasteiger partial charge is 0.252 e. The summed E-state index contributed by atoms with van der Waals surface area (Å²) in [5, 5.41) is 8.30. The number of nitrogens with zero attached hydrogens (tertiary/aromatic N) is 3. The van der Waals surface area contributed by atoms with Gasteiger partial charge in [-0.2, -0.15) is 5.10 Å². The number of halogens is 1. The fourth-order valence-corrected chi connectivity index (χ4v) is 3.61. The summed E-state index contributed by atoms with van der Waals surface area (Å²) in [6.07, 6.45) is 0. The van der Waals surface area contributed by atoms with Crippen molar-refractivity contribution in [2.75, 3.05) is 7.11 Å². The van der Waals surface area contributed by atoms with Crippen LogP contribution < -0.4 is 10.1 Å². The van der Waals surface area contributed by atoms with Crippen molar-refractivity contribution >= 4 is 16.9 Å². The van der Waals surface area contributed by atoms with Gasteiger partial charge in [0, 0.05) is 5.69 Å². The number of rotatable bonds is 5. The minimum absolute atomic E-state index is 0.200. The zero-order valence-electron chi connectivity index (χ0n) is 17.8. The second kappa shape index (κ2) is 8.18. The van der Waals surface area contributed by atoms with Crippen LogP contribution in [0.5, 0.6) is 5.75 Å². The Labute approximate surface area is 179 Å². The van der Waals surface area contributed by atoms with Crippen LogP contribution in [0.3, 0.4) is 0 Å². The van der Waals surface area contributed by atoms with Crippen molar-refractivity contribution in [3.05, 3.63) is 82.9 Å². The molecule has 1 atom stereocenters. The van der Waals surface area contributed by atoms with Gasteiger partial charge in [0.15, 0.2) is 5.65 Å². The number of hydrogen-bond acceptors (Lipinski definition) is 4. The second-order valence-corrected chi connectivity index (χ2v) is 7.45. The van der Waals surface area contributed by atoms with E-state index in [9.17, 15) is 9.18 Å². The summed E-state index contributed by atoms with van der Waals surface area (Å²) in [6, 6.07) is 15.2. The number of aromatic nitrogens is 3. The first-order valence-corrected chi connectivity index (χ1v) is 9.95. The molecule has 4 rings (SSSR count). The Morgan fingerprint density at radius 2 is 1.77 bits per heavy atom. The van der Waals surface area contributed by atoms with Crippen LogP contribution >= 0.6 is 0 Å². The lowest BCUT2D eigenvalue weighted by Gasteiger charge is -2.15. The van der Waals surface area contributed by atoms with Crippen molar-refractivity contribution < 1.29 is 13.9 Å². The van der Waals surface area contributed by atoms with E-state index in [1.165, 1.54) is 12.1 Å². The molecule has 0 unspecified atom stereocenters. The van der Waals surface area contributed by atoms with E-state index in [0.717, 1.165) is 11.3 Å². The minimum Gasteiger partial charge on any atom is -0.497 e. The van der Waals surface area contributed by atoms with Gasteiger partial charge in [-0.3, -0.25) is 4.79 Å². The van der Waals surface area contributed by atoms with Gasteiger partial charge in [0.25, 0.3) is 5.91 Å². The Morgan fingerprint density at radius 3 is 2.42 bits per heavy atom. The Bertz CT molecular complexity index is 1250. The van der Waals surface area contributed by atoms with Gasteiger partial charge in [-0.1, -0.05) is 12.1 Å². The highest BCUT2D eigenvalue weighted by Crippen LogP contribution is 2.26. The number of nitrogens with one attached hydrogen (secondary N) is 1. The molecule has 2 aromatic carbocycles. The van der Waals surface area contributed by atoms with Crippen LogP contribution in [0.15, 0.2) is 54.6 Å². The molecule has 2 aromatic heterocycles. The lowest BCUT2D eigenvalue weighted by Crippen LogP contribution is -2.27. The third kappa shape index (κ3) is 3.99. The molecule has 31 heavy (non-hydrogen) atoms. The minimum atomic E-state index is -0.325. The van der Waals surface area contributed by atoms with Crippen molar-refractivity contribution in [1.29, 1.82) is 0 Å². The topological polar surface area (TPSA) is 69.0 Å². The molecule has 0 radical (unpaired) electrons. The highest BCUT2D eigenvalue weighted by Gasteiger charge is 2.21. The lowest BCUT2D eigenvalue weighted by atomic mass is 10.1. The largest absolute Gasteiger partial charge is 0.497 e. The van der Waals surface area contributed by atoms with Crippen molar-refractivity contribution in [3.8, 4) is 11.4 Å². The first-order chi connectivity index (χ1) is 14.9. The summed E-state index contributed by atoms with van der Waals surface area (Å²) < 4.78 is 20.2. The number of fused-ring (bicyclic) bond motifs is 1. The fraction of sp³-hybridized carbons (Fsp3) is 0.208. The molecule has 0 fully saturated rings. The summed E-state index contributed by atoms with van der Waals surface area (Å²) in [7, 11) is 1.62. The molecule has 1 amide bonds. The molecule has 0 aliphatic heterocycles. The number of carbonyl (C=O) groups excluding carboxylic acids is 1. The van der Waals surface area contributed by atoms with Crippen molar-refractivity contribution in [3.63, 3.8) is 0 Å². The number of ether oxygens (including phenoxy) is 1. The van der Waals surface area contributed by atoms with Crippen LogP contribution in [0.2, 0.25) is 0 Å². The standard InChI is InChI=1S/C24H23FN4O2/c1-14-13-21(24(30)27-15(2)17-5-11-20(31-4)12-6-17)22-16(3)28-29(23(22)26-14)19-9-7-18(25)8-10-19/h5-13,15H,1-4H3,(H,27,30)/t15-/m1/s1. The molecule has 0 spiro atoms. The second-order valence-electron chi connectivity index (χ2n) is 7.45. The summed E-state index contributed by atoms with van der Waals surface area (Å²) in [5.41, 5.74) is 4.08. The summed E-state index contributed by atoms with van der Waals surface area (Å²) in [4.78, 5) is 17.8. The van der Waals surface area contributed by atoms with E-state index in [1.54, 1.807) is 30.0 Å². The highest BCUT2D eigenvalue weighted by molar-refractivity contribution is 6.07. The Kier molecular flexibility index (Phi) is 5.42. The van der Waals surface area contributed by atoms with Crippen molar-refractivity contribution in [2.45, 2.75) is 26.8 Å².